The first-order valence-electron chi connectivity index (χ1n) is 10.3. The highest BCUT2D eigenvalue weighted by atomic mass is 79.9. The van der Waals surface area contributed by atoms with E-state index in [9.17, 15) is 9.59 Å². The van der Waals surface area contributed by atoms with Gasteiger partial charge in [-0.15, -0.1) is 11.8 Å². The van der Waals surface area contributed by atoms with Crippen molar-refractivity contribution in [3.63, 3.8) is 0 Å². The quantitative estimate of drug-likeness (QED) is 0.605. The Kier molecular flexibility index (Phi) is 7.48. The largest absolute Gasteiger partial charge is 0.342 e. The number of nitrogens with zero attached hydrogens (tertiary/aromatic N) is 2. The maximum atomic E-state index is 12.8. The van der Waals surface area contributed by atoms with Crippen LogP contribution in [0.4, 0.5) is 0 Å². The van der Waals surface area contributed by atoms with Crippen molar-refractivity contribution in [2.24, 2.45) is 11.8 Å². The number of benzene rings is 1. The molecule has 0 bridgehead atoms. The second-order valence-corrected chi connectivity index (χ2v) is 10.2. The van der Waals surface area contributed by atoms with Crippen molar-refractivity contribution in [3.05, 3.63) is 27.7 Å². The second kappa shape index (κ2) is 9.66. The molecule has 28 heavy (non-hydrogen) atoms. The smallest absolute Gasteiger partial charge is 0.232 e. The summed E-state index contributed by atoms with van der Waals surface area (Å²) >= 11 is 5.17. The van der Waals surface area contributed by atoms with Gasteiger partial charge in [0.15, 0.2) is 0 Å². The standard InChI is InChI=1S/C22H31BrN2O2S/c1-15-5-4-8-25(13-15)22(27)18-6-9-24(10-7-18)21(26)14-28-20-12-16(2)19(23)11-17(20)3/h11-12,15,18H,4-10,13-14H2,1-3H3. The molecule has 2 fully saturated rings. The Labute approximate surface area is 181 Å². The lowest BCUT2D eigenvalue weighted by atomic mass is 9.93. The Morgan fingerprint density at radius 2 is 1.79 bits per heavy atom. The first-order chi connectivity index (χ1) is 13.3. The lowest BCUT2D eigenvalue weighted by molar-refractivity contribution is -0.141. The van der Waals surface area contributed by atoms with Crippen molar-refractivity contribution in [1.29, 1.82) is 0 Å². The minimum atomic E-state index is 0.0957. The maximum absolute atomic E-state index is 12.8. The molecule has 154 valence electrons. The van der Waals surface area contributed by atoms with Gasteiger partial charge in [-0.3, -0.25) is 9.59 Å². The van der Waals surface area contributed by atoms with Crippen LogP contribution in [-0.4, -0.2) is 53.5 Å². The van der Waals surface area contributed by atoms with E-state index in [1.165, 1.54) is 22.4 Å². The van der Waals surface area contributed by atoms with Crippen molar-refractivity contribution < 1.29 is 9.59 Å². The normalized spacial score (nSPS) is 21.1. The molecule has 6 heteroatoms. The van der Waals surface area contributed by atoms with E-state index in [2.05, 4.69) is 53.7 Å². The van der Waals surface area contributed by atoms with Crippen LogP contribution in [0, 0.1) is 25.7 Å². The van der Waals surface area contributed by atoms with Crippen molar-refractivity contribution in [2.75, 3.05) is 31.9 Å². The van der Waals surface area contributed by atoms with Crippen molar-refractivity contribution in [3.8, 4) is 0 Å². The lowest BCUT2D eigenvalue weighted by Crippen LogP contribution is -2.47. The summed E-state index contributed by atoms with van der Waals surface area (Å²) in [5, 5.41) is 0. The van der Waals surface area contributed by atoms with Crippen LogP contribution in [-0.2, 0) is 9.59 Å². The number of halogens is 1. The molecule has 1 aromatic rings. The van der Waals surface area contributed by atoms with Gasteiger partial charge in [0.25, 0.3) is 0 Å². The van der Waals surface area contributed by atoms with Gasteiger partial charge in [0, 0.05) is 41.5 Å². The van der Waals surface area contributed by atoms with Gasteiger partial charge in [-0.2, -0.15) is 0 Å². The number of carbonyl (C=O) groups is 2. The highest BCUT2D eigenvalue weighted by molar-refractivity contribution is 9.10. The third kappa shape index (κ3) is 5.32. The molecule has 2 amide bonds. The highest BCUT2D eigenvalue weighted by Crippen LogP contribution is 2.29. The van der Waals surface area contributed by atoms with E-state index in [4.69, 9.17) is 0 Å². The van der Waals surface area contributed by atoms with E-state index in [0.717, 1.165) is 36.8 Å². The van der Waals surface area contributed by atoms with Gasteiger partial charge in [0.05, 0.1) is 5.75 Å². The Hall–Kier alpha value is -1.01. The number of aryl methyl sites for hydroxylation is 2. The number of carbonyl (C=O) groups excluding carboxylic acids is 2. The number of thioether (sulfide) groups is 1. The zero-order chi connectivity index (χ0) is 20.3. The monoisotopic (exact) mass is 466 g/mol. The van der Waals surface area contributed by atoms with Gasteiger partial charge < -0.3 is 9.80 Å². The molecule has 0 aliphatic carbocycles. The number of hydrogen-bond donors (Lipinski definition) is 0. The Morgan fingerprint density at radius 3 is 2.46 bits per heavy atom. The summed E-state index contributed by atoms with van der Waals surface area (Å²) in [5.41, 5.74) is 2.38. The summed E-state index contributed by atoms with van der Waals surface area (Å²) in [5.74, 6) is 1.67. The topological polar surface area (TPSA) is 40.6 Å². The highest BCUT2D eigenvalue weighted by Gasteiger charge is 2.31. The summed E-state index contributed by atoms with van der Waals surface area (Å²) in [7, 11) is 0. The third-order valence-corrected chi connectivity index (χ3v) is 7.97. The summed E-state index contributed by atoms with van der Waals surface area (Å²) in [6, 6.07) is 4.25. The molecule has 2 saturated heterocycles. The molecule has 0 spiro atoms. The van der Waals surface area contributed by atoms with E-state index < -0.39 is 0 Å². The SMILES string of the molecule is Cc1cc(SCC(=O)N2CCC(C(=O)N3CCCC(C)C3)CC2)c(C)cc1Br. The number of amides is 2. The fourth-order valence-electron chi connectivity index (χ4n) is 4.16. The van der Waals surface area contributed by atoms with Gasteiger partial charge in [-0.05, 0) is 68.7 Å². The van der Waals surface area contributed by atoms with Crippen molar-refractivity contribution in [1.82, 2.24) is 9.80 Å². The Balaban J connectivity index is 1.47. The molecule has 0 N–H and O–H groups in total. The molecule has 2 aliphatic rings. The van der Waals surface area contributed by atoms with Gasteiger partial charge >= 0.3 is 0 Å². The van der Waals surface area contributed by atoms with Gasteiger partial charge in [0.2, 0.25) is 11.8 Å². The van der Waals surface area contributed by atoms with Gasteiger partial charge in [0.1, 0.15) is 0 Å². The molecule has 3 rings (SSSR count). The lowest BCUT2D eigenvalue weighted by Gasteiger charge is -2.37. The number of hydrogen-bond acceptors (Lipinski definition) is 3. The molecule has 2 heterocycles. The summed E-state index contributed by atoms with van der Waals surface area (Å²) in [6.07, 6.45) is 3.95. The molecular weight excluding hydrogens is 436 g/mol. The zero-order valence-corrected chi connectivity index (χ0v) is 19.6. The van der Waals surface area contributed by atoms with E-state index >= 15 is 0 Å². The van der Waals surface area contributed by atoms with Crippen LogP contribution < -0.4 is 0 Å². The predicted molar refractivity (Wildman–Crippen MR) is 119 cm³/mol. The van der Waals surface area contributed by atoms with Crippen LogP contribution in [0.25, 0.3) is 0 Å². The average molecular weight is 467 g/mol. The van der Waals surface area contributed by atoms with Crippen LogP contribution in [0.5, 0.6) is 0 Å². The van der Waals surface area contributed by atoms with Crippen LogP contribution in [0.15, 0.2) is 21.5 Å². The molecule has 2 aliphatic heterocycles. The first kappa shape index (κ1) is 21.7. The summed E-state index contributed by atoms with van der Waals surface area (Å²) in [6.45, 7) is 9.60. The zero-order valence-electron chi connectivity index (χ0n) is 17.2. The van der Waals surface area contributed by atoms with Gasteiger partial charge in [-0.1, -0.05) is 22.9 Å². The molecule has 1 aromatic carbocycles. The third-order valence-electron chi connectivity index (χ3n) is 5.97. The molecular formula is C22H31BrN2O2S. The molecule has 1 unspecified atom stereocenters. The van der Waals surface area contributed by atoms with E-state index in [1.54, 1.807) is 11.8 Å². The van der Waals surface area contributed by atoms with Crippen LogP contribution in [0.1, 0.15) is 43.7 Å². The minimum Gasteiger partial charge on any atom is -0.342 e. The van der Waals surface area contributed by atoms with Crippen molar-refractivity contribution >= 4 is 39.5 Å². The fourth-order valence-corrected chi connectivity index (χ4v) is 5.63. The summed E-state index contributed by atoms with van der Waals surface area (Å²) in [4.78, 5) is 30.6. The maximum Gasteiger partial charge on any atom is 0.232 e. The van der Waals surface area contributed by atoms with Crippen molar-refractivity contribution in [2.45, 2.75) is 51.3 Å². The van der Waals surface area contributed by atoms with E-state index in [-0.39, 0.29) is 11.8 Å². The Morgan fingerprint density at radius 1 is 1.07 bits per heavy atom. The number of rotatable bonds is 4. The van der Waals surface area contributed by atoms with Crippen LogP contribution in [0.3, 0.4) is 0 Å². The van der Waals surface area contributed by atoms with Gasteiger partial charge in [-0.25, -0.2) is 0 Å². The van der Waals surface area contributed by atoms with Crippen LogP contribution in [0.2, 0.25) is 0 Å². The molecule has 4 nitrogen and oxygen atoms in total. The minimum absolute atomic E-state index is 0.0957. The average Bonchev–Trinajstić information content (AvgIpc) is 2.69. The van der Waals surface area contributed by atoms with Crippen LogP contribution >= 0.6 is 27.7 Å². The molecule has 0 radical (unpaired) electrons. The molecule has 0 aromatic heterocycles. The number of likely N-dealkylation sites (tertiary alicyclic amines) is 2. The fraction of sp³-hybridized carbons (Fsp3) is 0.636. The predicted octanol–water partition coefficient (Wildman–Crippen LogP) is 4.66. The summed E-state index contributed by atoms with van der Waals surface area (Å²) < 4.78 is 1.11. The Bertz CT molecular complexity index is 731. The molecule has 1 atom stereocenters. The van der Waals surface area contributed by atoms with E-state index in [0.29, 0.717) is 30.7 Å². The second-order valence-electron chi connectivity index (χ2n) is 8.34. The molecule has 0 saturated carbocycles. The van der Waals surface area contributed by atoms with E-state index in [1.807, 2.05) is 4.90 Å². The first-order valence-corrected chi connectivity index (χ1v) is 12.1. The number of piperidine rings is 2.